The molecule has 1 aliphatic rings. The van der Waals surface area contributed by atoms with Crippen LogP contribution in [0.25, 0.3) is 0 Å². The molecular weight excluding hydrogens is 260 g/mol. The Hall–Kier alpha value is -1.22. The summed E-state index contributed by atoms with van der Waals surface area (Å²) in [5, 5.41) is 3.71. The lowest BCUT2D eigenvalue weighted by Crippen LogP contribution is -2.30. The molecule has 0 aliphatic heterocycles. The van der Waals surface area contributed by atoms with Gasteiger partial charge in [-0.3, -0.25) is 0 Å². The van der Waals surface area contributed by atoms with E-state index in [9.17, 15) is 0 Å². The Bertz CT molecular complexity index is 412. The van der Waals surface area contributed by atoms with Crippen LogP contribution < -0.4 is 15.8 Å². The second-order valence-electron chi connectivity index (χ2n) is 6.11. The molecule has 1 aromatic rings. The molecule has 3 heteroatoms. The second kappa shape index (κ2) is 8.93. The monoisotopic (exact) mass is 290 g/mol. The zero-order chi connectivity index (χ0) is 14.9. The third-order valence-corrected chi connectivity index (χ3v) is 4.24. The third-order valence-electron chi connectivity index (χ3n) is 4.24. The molecule has 1 aliphatic carbocycles. The molecule has 1 fully saturated rings. The number of hydrogen-bond donors (Lipinski definition) is 2. The molecule has 2 rings (SSSR count). The summed E-state index contributed by atoms with van der Waals surface area (Å²) in [6, 6.07) is 6.92. The first-order valence-corrected chi connectivity index (χ1v) is 8.54. The van der Waals surface area contributed by atoms with Gasteiger partial charge in [0.1, 0.15) is 5.75 Å². The van der Waals surface area contributed by atoms with Crippen LogP contribution in [0, 0.1) is 0 Å². The fourth-order valence-electron chi connectivity index (χ4n) is 3.00. The van der Waals surface area contributed by atoms with E-state index in [2.05, 4.69) is 24.4 Å². The molecule has 3 nitrogen and oxygen atoms in total. The normalized spacial score (nSPS) is 16.6. The fraction of sp³-hybridized carbons (Fsp3) is 0.667. The van der Waals surface area contributed by atoms with E-state index in [-0.39, 0.29) is 0 Å². The molecule has 0 radical (unpaired) electrons. The predicted molar refractivity (Wildman–Crippen MR) is 89.8 cm³/mol. The molecule has 0 heterocycles. The van der Waals surface area contributed by atoms with Crippen molar-refractivity contribution in [2.45, 2.75) is 64.3 Å². The summed E-state index contributed by atoms with van der Waals surface area (Å²) in [5.41, 5.74) is 8.10. The fourth-order valence-corrected chi connectivity index (χ4v) is 3.00. The van der Waals surface area contributed by atoms with Crippen molar-refractivity contribution in [3.8, 4) is 5.75 Å². The van der Waals surface area contributed by atoms with E-state index in [1.165, 1.54) is 44.1 Å². The van der Waals surface area contributed by atoms with Gasteiger partial charge in [-0.25, -0.2) is 0 Å². The Labute approximate surface area is 129 Å². The van der Waals surface area contributed by atoms with Crippen molar-refractivity contribution in [1.29, 1.82) is 0 Å². The molecule has 0 unspecified atom stereocenters. The smallest absolute Gasteiger partial charge is 0.142 e. The van der Waals surface area contributed by atoms with Crippen LogP contribution in [0.4, 0.5) is 5.69 Å². The van der Waals surface area contributed by atoms with Crippen molar-refractivity contribution in [2.75, 3.05) is 18.9 Å². The van der Waals surface area contributed by atoms with Gasteiger partial charge in [-0.1, -0.05) is 38.7 Å². The van der Waals surface area contributed by atoms with Gasteiger partial charge in [0.25, 0.3) is 0 Å². The molecule has 0 aromatic heterocycles. The minimum absolute atomic E-state index is 0.719. The Morgan fingerprint density at radius 3 is 2.62 bits per heavy atom. The lowest BCUT2D eigenvalue weighted by Gasteiger charge is -2.16. The third kappa shape index (κ3) is 5.58. The van der Waals surface area contributed by atoms with Crippen LogP contribution in [0.3, 0.4) is 0 Å². The number of ether oxygens (including phenoxy) is 1. The topological polar surface area (TPSA) is 47.3 Å². The highest BCUT2D eigenvalue weighted by atomic mass is 16.5. The molecule has 1 saturated carbocycles. The number of nitrogens with two attached hydrogens (primary N) is 1. The van der Waals surface area contributed by atoms with Crippen molar-refractivity contribution in [3.05, 3.63) is 23.8 Å². The van der Waals surface area contributed by atoms with Gasteiger partial charge in [0.2, 0.25) is 0 Å². The lowest BCUT2D eigenvalue weighted by atomic mass is 10.1. The zero-order valence-electron chi connectivity index (χ0n) is 13.4. The minimum atomic E-state index is 0.719. The number of nitrogens with one attached hydrogen (secondary N) is 1. The quantitative estimate of drug-likeness (QED) is 0.591. The van der Waals surface area contributed by atoms with E-state index in [1.807, 2.05) is 6.07 Å². The zero-order valence-corrected chi connectivity index (χ0v) is 13.4. The summed E-state index contributed by atoms with van der Waals surface area (Å²) in [4.78, 5) is 0. The SMILES string of the molecule is CCCOc1ccc(CCNC2CCCCCC2)cc1N. The lowest BCUT2D eigenvalue weighted by molar-refractivity contribution is 0.319. The summed E-state index contributed by atoms with van der Waals surface area (Å²) in [7, 11) is 0. The molecule has 0 atom stereocenters. The van der Waals surface area contributed by atoms with Crippen LogP contribution in [0.15, 0.2) is 18.2 Å². The largest absolute Gasteiger partial charge is 0.491 e. The van der Waals surface area contributed by atoms with Gasteiger partial charge >= 0.3 is 0 Å². The van der Waals surface area contributed by atoms with E-state index in [4.69, 9.17) is 10.5 Å². The summed E-state index contributed by atoms with van der Waals surface area (Å²) >= 11 is 0. The Balaban J connectivity index is 1.76. The van der Waals surface area contributed by atoms with Crippen molar-refractivity contribution in [3.63, 3.8) is 0 Å². The van der Waals surface area contributed by atoms with Crippen molar-refractivity contribution >= 4 is 5.69 Å². The highest BCUT2D eigenvalue weighted by Crippen LogP contribution is 2.23. The maximum atomic E-state index is 6.05. The number of nitrogen functional groups attached to an aromatic ring is 1. The molecular formula is C18H30N2O. The van der Waals surface area contributed by atoms with Gasteiger partial charge < -0.3 is 15.8 Å². The second-order valence-corrected chi connectivity index (χ2v) is 6.11. The minimum Gasteiger partial charge on any atom is -0.491 e. The van der Waals surface area contributed by atoms with Gasteiger partial charge in [0.15, 0.2) is 0 Å². The van der Waals surface area contributed by atoms with Crippen LogP contribution in [0.1, 0.15) is 57.4 Å². The Morgan fingerprint density at radius 1 is 1.19 bits per heavy atom. The summed E-state index contributed by atoms with van der Waals surface area (Å²) < 4.78 is 5.61. The summed E-state index contributed by atoms with van der Waals surface area (Å²) in [6.07, 6.45) is 10.3. The maximum Gasteiger partial charge on any atom is 0.142 e. The molecule has 21 heavy (non-hydrogen) atoms. The Kier molecular flexibility index (Phi) is 6.87. The number of anilines is 1. The van der Waals surface area contributed by atoms with Crippen molar-refractivity contribution in [2.24, 2.45) is 0 Å². The standard InChI is InChI=1S/C18H30N2O/c1-2-13-21-18-10-9-15(14-17(18)19)11-12-20-16-7-5-3-4-6-8-16/h9-10,14,16,20H,2-8,11-13,19H2,1H3. The first kappa shape index (κ1) is 16.2. The van der Waals surface area contributed by atoms with Crippen LogP contribution in [0.2, 0.25) is 0 Å². The number of benzene rings is 1. The highest BCUT2D eigenvalue weighted by Gasteiger charge is 2.11. The van der Waals surface area contributed by atoms with Gasteiger partial charge in [-0.15, -0.1) is 0 Å². The Morgan fingerprint density at radius 2 is 1.95 bits per heavy atom. The van der Waals surface area contributed by atoms with E-state index < -0.39 is 0 Å². The molecule has 3 N–H and O–H groups in total. The molecule has 0 bridgehead atoms. The van der Waals surface area contributed by atoms with Crippen molar-refractivity contribution < 1.29 is 4.74 Å². The van der Waals surface area contributed by atoms with Crippen molar-refractivity contribution in [1.82, 2.24) is 5.32 Å². The van der Waals surface area contributed by atoms with E-state index in [1.54, 1.807) is 0 Å². The highest BCUT2D eigenvalue weighted by molar-refractivity contribution is 5.54. The van der Waals surface area contributed by atoms with Gasteiger partial charge in [-0.2, -0.15) is 0 Å². The van der Waals surface area contributed by atoms with Gasteiger partial charge in [-0.05, 0) is 49.9 Å². The number of hydrogen-bond acceptors (Lipinski definition) is 3. The molecule has 0 spiro atoms. The maximum absolute atomic E-state index is 6.05. The molecule has 0 amide bonds. The predicted octanol–water partition coefficient (Wildman–Crippen LogP) is 3.91. The average Bonchev–Trinajstić information content (AvgIpc) is 2.75. The van der Waals surface area contributed by atoms with Crippen LogP contribution >= 0.6 is 0 Å². The first-order valence-electron chi connectivity index (χ1n) is 8.54. The molecule has 118 valence electrons. The van der Waals surface area contributed by atoms with Crippen LogP contribution in [-0.2, 0) is 6.42 Å². The van der Waals surface area contributed by atoms with Crippen LogP contribution in [0.5, 0.6) is 5.75 Å². The van der Waals surface area contributed by atoms with E-state index in [0.29, 0.717) is 0 Å². The molecule has 1 aromatic carbocycles. The summed E-state index contributed by atoms with van der Waals surface area (Å²) in [5.74, 6) is 0.817. The van der Waals surface area contributed by atoms with Crippen LogP contribution in [-0.4, -0.2) is 19.2 Å². The van der Waals surface area contributed by atoms with Gasteiger partial charge in [0, 0.05) is 6.04 Å². The van der Waals surface area contributed by atoms with E-state index >= 15 is 0 Å². The summed E-state index contributed by atoms with van der Waals surface area (Å²) in [6.45, 7) is 3.87. The van der Waals surface area contributed by atoms with Gasteiger partial charge in [0.05, 0.1) is 12.3 Å². The number of rotatable bonds is 7. The first-order chi connectivity index (χ1) is 10.3. The average molecular weight is 290 g/mol. The molecule has 0 saturated heterocycles. The van der Waals surface area contributed by atoms with E-state index in [0.717, 1.165) is 43.5 Å².